The van der Waals surface area contributed by atoms with E-state index >= 15 is 0 Å². The van der Waals surface area contributed by atoms with E-state index in [4.69, 9.17) is 9.15 Å². The van der Waals surface area contributed by atoms with Gasteiger partial charge in [0.15, 0.2) is 5.78 Å². The van der Waals surface area contributed by atoms with E-state index in [9.17, 15) is 4.79 Å². The van der Waals surface area contributed by atoms with Crippen LogP contribution in [0.4, 0.5) is 0 Å². The Bertz CT molecular complexity index is 1250. The normalized spacial score (nSPS) is 11.3. The SMILES string of the molecule is CCN(CC)CCCOc1ccc(-c2oc3ccc(C)cc3c2C(=O)c2ccc(C)cc2)cc1. The van der Waals surface area contributed by atoms with Crippen LogP contribution in [0, 0.1) is 13.8 Å². The van der Waals surface area contributed by atoms with Crippen LogP contribution in [0.2, 0.25) is 0 Å². The first kappa shape index (κ1) is 23.8. The van der Waals surface area contributed by atoms with Crippen molar-refractivity contribution in [3.63, 3.8) is 0 Å². The molecule has 4 aromatic rings. The second kappa shape index (κ2) is 10.7. The second-order valence-electron chi connectivity index (χ2n) is 8.75. The molecule has 0 bridgehead atoms. The minimum Gasteiger partial charge on any atom is -0.494 e. The number of furan rings is 1. The van der Waals surface area contributed by atoms with Gasteiger partial charge in [0.1, 0.15) is 17.1 Å². The molecular weight excluding hydrogens is 422 g/mol. The molecule has 0 aliphatic heterocycles. The summed E-state index contributed by atoms with van der Waals surface area (Å²) in [5.74, 6) is 1.39. The predicted molar refractivity (Wildman–Crippen MR) is 139 cm³/mol. The fourth-order valence-electron chi connectivity index (χ4n) is 4.21. The zero-order valence-electron chi connectivity index (χ0n) is 20.6. The summed E-state index contributed by atoms with van der Waals surface area (Å²) in [6.45, 7) is 12.2. The number of carbonyl (C=O) groups is 1. The molecule has 0 saturated heterocycles. The highest BCUT2D eigenvalue weighted by atomic mass is 16.5. The summed E-state index contributed by atoms with van der Waals surface area (Å²) in [6.07, 6.45) is 0.988. The van der Waals surface area contributed by atoms with Gasteiger partial charge in [-0.2, -0.15) is 0 Å². The molecule has 176 valence electrons. The Morgan fingerprint density at radius 2 is 1.56 bits per heavy atom. The van der Waals surface area contributed by atoms with Crippen LogP contribution in [0.25, 0.3) is 22.3 Å². The van der Waals surface area contributed by atoms with Crippen LogP contribution in [0.3, 0.4) is 0 Å². The second-order valence-corrected chi connectivity index (χ2v) is 8.75. The molecule has 0 amide bonds. The summed E-state index contributed by atoms with van der Waals surface area (Å²) >= 11 is 0. The van der Waals surface area contributed by atoms with Crippen molar-refractivity contribution in [1.29, 1.82) is 0 Å². The maximum atomic E-state index is 13.6. The summed E-state index contributed by atoms with van der Waals surface area (Å²) in [6, 6.07) is 21.5. The zero-order valence-corrected chi connectivity index (χ0v) is 20.6. The standard InChI is InChI=1S/C30H33NO3/c1-5-31(6-2)18-7-19-33-25-15-13-24(14-16-25)30-28(26-20-22(4)10-17-27(26)34-30)29(32)23-11-8-21(3)9-12-23/h8-17,20H,5-7,18-19H2,1-4H3. The third-order valence-corrected chi connectivity index (χ3v) is 6.28. The molecule has 1 aromatic heterocycles. The lowest BCUT2D eigenvalue weighted by atomic mass is 9.96. The molecule has 4 rings (SSSR count). The highest BCUT2D eigenvalue weighted by Crippen LogP contribution is 2.36. The Balaban J connectivity index is 1.60. The molecule has 0 aliphatic carbocycles. The van der Waals surface area contributed by atoms with Crippen molar-refractivity contribution >= 4 is 16.8 Å². The number of fused-ring (bicyclic) bond motifs is 1. The van der Waals surface area contributed by atoms with Gasteiger partial charge in [-0.1, -0.05) is 55.3 Å². The number of aryl methyl sites for hydroxylation is 2. The largest absolute Gasteiger partial charge is 0.494 e. The minimum absolute atomic E-state index is 0.0314. The summed E-state index contributed by atoms with van der Waals surface area (Å²) in [5.41, 5.74) is 5.05. The van der Waals surface area contributed by atoms with E-state index in [0.29, 0.717) is 29.1 Å². The van der Waals surface area contributed by atoms with Gasteiger partial charge in [-0.25, -0.2) is 0 Å². The Hall–Kier alpha value is -3.37. The number of hydrogen-bond acceptors (Lipinski definition) is 4. The lowest BCUT2D eigenvalue weighted by Crippen LogP contribution is -2.25. The van der Waals surface area contributed by atoms with Crippen LogP contribution in [-0.4, -0.2) is 36.9 Å². The van der Waals surface area contributed by atoms with Gasteiger partial charge in [-0.15, -0.1) is 0 Å². The molecule has 34 heavy (non-hydrogen) atoms. The summed E-state index contributed by atoms with van der Waals surface area (Å²) in [5, 5.41) is 0.845. The van der Waals surface area contributed by atoms with Crippen molar-refractivity contribution in [1.82, 2.24) is 4.90 Å². The molecule has 0 fully saturated rings. The molecule has 4 nitrogen and oxygen atoms in total. The van der Waals surface area contributed by atoms with Crippen molar-refractivity contribution in [3.8, 4) is 17.1 Å². The molecule has 1 heterocycles. The number of hydrogen-bond donors (Lipinski definition) is 0. The molecular formula is C30H33NO3. The Labute approximate surface area is 202 Å². The number of benzene rings is 3. The topological polar surface area (TPSA) is 42.7 Å². The van der Waals surface area contributed by atoms with Crippen LogP contribution in [0.5, 0.6) is 5.75 Å². The highest BCUT2D eigenvalue weighted by Gasteiger charge is 2.23. The first-order valence-corrected chi connectivity index (χ1v) is 12.1. The lowest BCUT2D eigenvalue weighted by Gasteiger charge is -2.17. The third kappa shape index (κ3) is 5.23. The number of ketones is 1. The fraction of sp³-hybridized carbons (Fsp3) is 0.300. The smallest absolute Gasteiger partial charge is 0.197 e. The van der Waals surface area contributed by atoms with E-state index in [1.165, 1.54) is 0 Å². The molecule has 0 N–H and O–H groups in total. The average molecular weight is 456 g/mol. The van der Waals surface area contributed by atoms with Crippen LogP contribution in [-0.2, 0) is 0 Å². The fourth-order valence-corrected chi connectivity index (χ4v) is 4.21. The van der Waals surface area contributed by atoms with Crippen molar-refractivity contribution in [2.45, 2.75) is 34.1 Å². The van der Waals surface area contributed by atoms with E-state index < -0.39 is 0 Å². The van der Waals surface area contributed by atoms with Crippen molar-refractivity contribution in [3.05, 3.63) is 89.0 Å². The Morgan fingerprint density at radius 3 is 2.24 bits per heavy atom. The molecule has 3 aromatic carbocycles. The van der Waals surface area contributed by atoms with Crippen molar-refractivity contribution in [2.75, 3.05) is 26.2 Å². The first-order valence-electron chi connectivity index (χ1n) is 12.1. The van der Waals surface area contributed by atoms with Crippen LogP contribution in [0.15, 0.2) is 71.1 Å². The Morgan fingerprint density at radius 1 is 0.882 bits per heavy atom. The highest BCUT2D eigenvalue weighted by molar-refractivity contribution is 6.19. The van der Waals surface area contributed by atoms with E-state index in [1.54, 1.807) is 0 Å². The molecule has 0 unspecified atom stereocenters. The van der Waals surface area contributed by atoms with Gasteiger partial charge in [-0.05, 0) is 69.8 Å². The summed E-state index contributed by atoms with van der Waals surface area (Å²) in [4.78, 5) is 16.0. The number of ether oxygens (including phenoxy) is 1. The number of carbonyl (C=O) groups excluding carboxylic acids is 1. The van der Waals surface area contributed by atoms with E-state index in [2.05, 4.69) is 18.7 Å². The molecule has 0 atom stereocenters. The van der Waals surface area contributed by atoms with E-state index in [1.807, 2.05) is 80.6 Å². The van der Waals surface area contributed by atoms with Crippen molar-refractivity contribution < 1.29 is 13.9 Å². The van der Waals surface area contributed by atoms with E-state index in [-0.39, 0.29) is 5.78 Å². The minimum atomic E-state index is -0.0314. The van der Waals surface area contributed by atoms with Crippen molar-refractivity contribution in [2.24, 2.45) is 0 Å². The Kier molecular flexibility index (Phi) is 7.49. The monoisotopic (exact) mass is 455 g/mol. The van der Waals surface area contributed by atoms with Gasteiger partial charge >= 0.3 is 0 Å². The number of nitrogens with zero attached hydrogens (tertiary/aromatic N) is 1. The lowest BCUT2D eigenvalue weighted by molar-refractivity contribution is 0.104. The van der Waals surface area contributed by atoms with Gasteiger partial charge in [0.05, 0.1) is 12.2 Å². The van der Waals surface area contributed by atoms with Gasteiger partial charge in [0.25, 0.3) is 0 Å². The zero-order chi connectivity index (χ0) is 24.1. The number of rotatable bonds is 10. The maximum Gasteiger partial charge on any atom is 0.197 e. The quantitative estimate of drug-likeness (QED) is 0.190. The first-order chi connectivity index (χ1) is 16.5. The molecule has 0 aliphatic rings. The summed E-state index contributed by atoms with van der Waals surface area (Å²) < 4.78 is 12.2. The van der Waals surface area contributed by atoms with Crippen LogP contribution in [0.1, 0.15) is 47.3 Å². The molecule has 4 heteroatoms. The van der Waals surface area contributed by atoms with Crippen LogP contribution >= 0.6 is 0 Å². The van der Waals surface area contributed by atoms with Gasteiger partial charge < -0.3 is 14.1 Å². The van der Waals surface area contributed by atoms with Gasteiger partial charge in [0, 0.05) is 23.1 Å². The maximum absolute atomic E-state index is 13.6. The van der Waals surface area contributed by atoms with Gasteiger partial charge in [0.2, 0.25) is 0 Å². The summed E-state index contributed by atoms with van der Waals surface area (Å²) in [7, 11) is 0. The molecule has 0 saturated carbocycles. The third-order valence-electron chi connectivity index (χ3n) is 6.28. The predicted octanol–water partition coefficient (Wildman–Crippen LogP) is 7.06. The average Bonchev–Trinajstić information content (AvgIpc) is 3.23. The van der Waals surface area contributed by atoms with Gasteiger partial charge in [-0.3, -0.25) is 4.79 Å². The van der Waals surface area contributed by atoms with E-state index in [0.717, 1.165) is 53.9 Å². The van der Waals surface area contributed by atoms with Crippen LogP contribution < -0.4 is 4.74 Å². The molecule has 0 radical (unpaired) electrons. The molecule has 0 spiro atoms.